The minimum Gasteiger partial charge on any atom is -0.396 e. The number of terminal acetylenes is 1. The Labute approximate surface area is 151 Å². The lowest BCUT2D eigenvalue weighted by Crippen LogP contribution is -2.60. The molecule has 0 aliphatic heterocycles. The van der Waals surface area contributed by atoms with Crippen molar-refractivity contribution in [3.8, 4) is 12.3 Å². The second-order valence-electron chi connectivity index (χ2n) is 10.1. The fourth-order valence-corrected chi connectivity index (χ4v) is 8.89. The van der Waals surface area contributed by atoms with E-state index in [1.165, 1.54) is 12.8 Å². The lowest BCUT2D eigenvalue weighted by molar-refractivity contribution is -0.188. The van der Waals surface area contributed by atoms with Crippen molar-refractivity contribution in [2.24, 2.45) is 39.9 Å². The molecule has 0 radical (unpaired) electrons. The van der Waals surface area contributed by atoms with Gasteiger partial charge in [0.25, 0.3) is 0 Å². The predicted molar refractivity (Wildman–Crippen MR) is 95.5 cm³/mol. The van der Waals surface area contributed by atoms with Crippen LogP contribution in [-0.4, -0.2) is 35.6 Å². The molecule has 1 spiro atoms. The summed E-state index contributed by atoms with van der Waals surface area (Å²) in [5.74, 6) is 5.10. The maximum Gasteiger partial charge on any atom is 0.130 e. The number of hydrogen-bond acceptors (Lipinski definition) is 3. The van der Waals surface area contributed by atoms with Crippen molar-refractivity contribution < 1.29 is 14.9 Å². The van der Waals surface area contributed by atoms with E-state index in [2.05, 4.69) is 12.8 Å². The zero-order chi connectivity index (χ0) is 17.7. The first-order chi connectivity index (χ1) is 11.9. The molecule has 9 atom stereocenters. The quantitative estimate of drug-likeness (QED) is 0.757. The van der Waals surface area contributed by atoms with E-state index in [-0.39, 0.29) is 22.3 Å². The van der Waals surface area contributed by atoms with E-state index in [1.807, 2.05) is 7.11 Å². The van der Waals surface area contributed by atoms with Crippen molar-refractivity contribution in [2.75, 3.05) is 13.7 Å². The van der Waals surface area contributed by atoms with Crippen LogP contribution in [0.15, 0.2) is 0 Å². The van der Waals surface area contributed by atoms with Crippen LogP contribution in [0.4, 0.5) is 0 Å². The topological polar surface area (TPSA) is 49.7 Å². The average molecular weight is 344 g/mol. The van der Waals surface area contributed by atoms with E-state index < -0.39 is 5.60 Å². The molecule has 0 heterocycles. The molecule has 0 aromatic rings. The Balaban J connectivity index is 1.57. The molecule has 138 valence electrons. The molecule has 3 heteroatoms. The molecular formula is C22H32O3. The number of aliphatic hydroxyl groups is 2. The van der Waals surface area contributed by atoms with Gasteiger partial charge >= 0.3 is 0 Å². The van der Waals surface area contributed by atoms with Crippen molar-refractivity contribution in [1.82, 2.24) is 0 Å². The highest BCUT2D eigenvalue weighted by atomic mass is 16.5. The number of rotatable bonds is 2. The van der Waals surface area contributed by atoms with Crippen LogP contribution in [0.1, 0.15) is 58.3 Å². The van der Waals surface area contributed by atoms with E-state index >= 15 is 0 Å². The van der Waals surface area contributed by atoms with Crippen molar-refractivity contribution in [3.05, 3.63) is 0 Å². The Morgan fingerprint density at radius 2 is 1.92 bits per heavy atom. The number of aliphatic hydroxyl groups excluding tert-OH is 1. The van der Waals surface area contributed by atoms with Crippen molar-refractivity contribution in [2.45, 2.75) is 70.0 Å². The first kappa shape index (κ1) is 16.6. The normalized spacial score (nSPS) is 61.6. The van der Waals surface area contributed by atoms with Crippen LogP contribution < -0.4 is 0 Å². The van der Waals surface area contributed by atoms with Gasteiger partial charge in [-0.1, -0.05) is 12.8 Å². The molecule has 0 aromatic carbocycles. The van der Waals surface area contributed by atoms with Crippen molar-refractivity contribution in [1.29, 1.82) is 0 Å². The van der Waals surface area contributed by atoms with Crippen LogP contribution >= 0.6 is 0 Å². The maximum absolute atomic E-state index is 11.1. The fraction of sp³-hybridized carbons (Fsp3) is 0.909. The number of methoxy groups -OCH3 is 1. The summed E-state index contributed by atoms with van der Waals surface area (Å²) >= 11 is 0. The molecule has 5 fully saturated rings. The van der Waals surface area contributed by atoms with Crippen LogP contribution in [0.2, 0.25) is 0 Å². The van der Waals surface area contributed by atoms with Crippen LogP contribution in [0.3, 0.4) is 0 Å². The Kier molecular flexibility index (Phi) is 3.21. The summed E-state index contributed by atoms with van der Waals surface area (Å²) in [6.07, 6.45) is 14.7. The molecule has 25 heavy (non-hydrogen) atoms. The molecule has 0 aromatic heterocycles. The molecule has 3 nitrogen and oxygen atoms in total. The third-order valence-electron chi connectivity index (χ3n) is 10.2. The first-order valence-electron chi connectivity index (χ1n) is 10.3. The summed E-state index contributed by atoms with van der Waals surface area (Å²) in [4.78, 5) is 0. The van der Waals surface area contributed by atoms with E-state index in [4.69, 9.17) is 11.2 Å². The highest BCUT2D eigenvalue weighted by molar-refractivity contribution is 5.29. The zero-order valence-corrected chi connectivity index (χ0v) is 15.6. The van der Waals surface area contributed by atoms with Crippen LogP contribution in [0.5, 0.6) is 0 Å². The summed E-state index contributed by atoms with van der Waals surface area (Å²) in [5.41, 5.74) is -0.833. The van der Waals surface area contributed by atoms with Gasteiger partial charge < -0.3 is 14.9 Å². The largest absolute Gasteiger partial charge is 0.396 e. The summed E-state index contributed by atoms with van der Waals surface area (Å²) in [6.45, 7) is 2.54. The van der Waals surface area contributed by atoms with E-state index in [0.717, 1.165) is 44.4 Å². The van der Waals surface area contributed by atoms with E-state index in [0.29, 0.717) is 24.4 Å². The van der Waals surface area contributed by atoms with Gasteiger partial charge in [-0.3, -0.25) is 0 Å². The van der Waals surface area contributed by atoms with Gasteiger partial charge in [-0.25, -0.2) is 0 Å². The van der Waals surface area contributed by atoms with Crippen LogP contribution in [0, 0.1) is 52.3 Å². The second-order valence-corrected chi connectivity index (χ2v) is 10.1. The van der Waals surface area contributed by atoms with Gasteiger partial charge in [-0.15, -0.1) is 6.42 Å². The van der Waals surface area contributed by atoms with Gasteiger partial charge in [0.15, 0.2) is 0 Å². The Hall–Kier alpha value is -0.560. The maximum atomic E-state index is 11.1. The Morgan fingerprint density at radius 1 is 1.16 bits per heavy atom. The third-order valence-corrected chi connectivity index (χ3v) is 10.2. The number of ether oxygens (including phenoxy) is 1. The monoisotopic (exact) mass is 344 g/mol. The molecular weight excluding hydrogens is 312 g/mol. The molecule has 0 bridgehead atoms. The molecule has 2 N–H and O–H groups in total. The van der Waals surface area contributed by atoms with Gasteiger partial charge in [0.05, 0.1) is 6.10 Å². The first-order valence-corrected chi connectivity index (χ1v) is 10.3. The number of fused-ring (bicyclic) bond motifs is 4. The molecule has 5 aliphatic rings. The lowest BCUT2D eigenvalue weighted by atomic mass is 9.45. The lowest BCUT2D eigenvalue weighted by Gasteiger charge is -2.61. The fourth-order valence-electron chi connectivity index (χ4n) is 8.89. The van der Waals surface area contributed by atoms with Gasteiger partial charge in [0.1, 0.15) is 5.60 Å². The minimum absolute atomic E-state index is 0.0550. The Morgan fingerprint density at radius 3 is 2.56 bits per heavy atom. The van der Waals surface area contributed by atoms with Crippen LogP contribution in [0.25, 0.3) is 0 Å². The van der Waals surface area contributed by atoms with Gasteiger partial charge in [-0.2, -0.15) is 0 Å². The highest BCUT2D eigenvalue weighted by Gasteiger charge is 2.79. The van der Waals surface area contributed by atoms with Gasteiger partial charge in [0, 0.05) is 30.0 Å². The second kappa shape index (κ2) is 4.83. The molecule has 5 saturated carbocycles. The van der Waals surface area contributed by atoms with E-state index in [9.17, 15) is 10.2 Å². The van der Waals surface area contributed by atoms with Crippen molar-refractivity contribution in [3.63, 3.8) is 0 Å². The predicted octanol–water partition coefficient (Wildman–Crippen LogP) is 2.99. The van der Waals surface area contributed by atoms with Crippen molar-refractivity contribution >= 4 is 0 Å². The summed E-state index contributed by atoms with van der Waals surface area (Å²) in [5, 5.41) is 21.7. The highest BCUT2D eigenvalue weighted by Crippen LogP contribution is 2.82. The minimum atomic E-state index is -0.954. The molecule has 5 rings (SSSR count). The molecule has 0 unspecified atom stereocenters. The standard InChI is InChI=1S/C22H32O3/c1-4-21(24)10-7-16-15-11-18(25-3)22-12-14(22)5-9-20(22,13-23)17(15)6-8-19(16,21)2/h1,14-18,23-24H,5-13H2,2-3H3/t14-,15+,16+,17+,18-,19+,20+,21+,22+/m1/s1. The number of hydrogen-bond donors (Lipinski definition) is 2. The molecule has 0 saturated heterocycles. The summed E-state index contributed by atoms with van der Waals surface area (Å²) in [7, 11) is 1.87. The third kappa shape index (κ3) is 1.59. The SMILES string of the molecule is C#C[C@]1(O)CC[C@H]2[C@@H]3C[C@@H](OC)[C@]45C[C@H]4CC[C@]5(CO)[C@H]3CC[C@@]21C. The van der Waals surface area contributed by atoms with Crippen LogP contribution in [-0.2, 0) is 4.74 Å². The van der Waals surface area contributed by atoms with Gasteiger partial charge in [-0.05, 0) is 75.0 Å². The molecule has 0 amide bonds. The Bertz CT molecular complexity index is 640. The summed E-state index contributed by atoms with van der Waals surface area (Å²) in [6, 6.07) is 0. The smallest absolute Gasteiger partial charge is 0.130 e. The van der Waals surface area contributed by atoms with E-state index in [1.54, 1.807) is 0 Å². The zero-order valence-electron chi connectivity index (χ0n) is 15.6. The summed E-state index contributed by atoms with van der Waals surface area (Å²) < 4.78 is 6.07. The molecule has 5 aliphatic carbocycles. The average Bonchev–Trinajstić information content (AvgIpc) is 3.16. The van der Waals surface area contributed by atoms with Gasteiger partial charge in [0.2, 0.25) is 0 Å².